The van der Waals surface area contributed by atoms with Gasteiger partial charge in [0.05, 0.1) is 9.41 Å². The third kappa shape index (κ3) is 4.63. The van der Waals surface area contributed by atoms with E-state index in [9.17, 15) is 9.59 Å². The summed E-state index contributed by atoms with van der Waals surface area (Å²) in [5, 5.41) is 6.37. The van der Waals surface area contributed by atoms with Crippen LogP contribution in [0, 0.1) is 0 Å². The Kier molecular flexibility index (Phi) is 5.78. The van der Waals surface area contributed by atoms with E-state index in [4.69, 9.17) is 4.74 Å². The predicted octanol–water partition coefficient (Wildman–Crippen LogP) is 4.95. The zero-order valence-corrected chi connectivity index (χ0v) is 21.5. The molecule has 1 aromatic carbocycles. The molecule has 0 atom stereocenters. The first-order valence-corrected chi connectivity index (χ1v) is 12.4. The van der Waals surface area contributed by atoms with E-state index in [0.717, 1.165) is 21.6 Å². The summed E-state index contributed by atoms with van der Waals surface area (Å²) in [5.41, 5.74) is 1.99. The van der Waals surface area contributed by atoms with E-state index in [2.05, 4.69) is 51.6 Å². The molecule has 8 heteroatoms. The monoisotopic (exact) mass is 481 g/mol. The van der Waals surface area contributed by atoms with Gasteiger partial charge < -0.3 is 4.74 Å². The van der Waals surface area contributed by atoms with Crippen LogP contribution in [0.3, 0.4) is 0 Å². The summed E-state index contributed by atoms with van der Waals surface area (Å²) in [6.45, 7) is 13.9. The van der Waals surface area contributed by atoms with Gasteiger partial charge in [-0.1, -0.05) is 58.9 Å². The third-order valence-corrected chi connectivity index (χ3v) is 7.02. The second kappa shape index (κ2) is 8.18. The van der Waals surface area contributed by atoms with Gasteiger partial charge in [-0.25, -0.2) is 0 Å². The van der Waals surface area contributed by atoms with Crippen molar-refractivity contribution in [2.75, 3.05) is 0 Å². The van der Waals surface area contributed by atoms with Gasteiger partial charge in [-0.2, -0.15) is 9.50 Å². The van der Waals surface area contributed by atoms with Crippen molar-refractivity contribution in [2.45, 2.75) is 59.3 Å². The molecule has 0 aliphatic rings. The Labute approximate surface area is 200 Å². The zero-order chi connectivity index (χ0) is 24.1. The molecule has 0 bridgehead atoms. The molecule has 0 aliphatic carbocycles. The Morgan fingerprint density at radius 3 is 2.21 bits per heavy atom. The summed E-state index contributed by atoms with van der Waals surface area (Å²) in [5.74, 6) is 0.817. The lowest BCUT2D eigenvalue weighted by molar-refractivity contribution is -0.132. The van der Waals surface area contributed by atoms with Crippen molar-refractivity contribution >= 4 is 39.7 Å². The molecular weight excluding hydrogens is 454 g/mol. The minimum absolute atomic E-state index is 0.191. The Hall–Kier alpha value is -2.84. The van der Waals surface area contributed by atoms with Crippen LogP contribution in [0.5, 0.6) is 5.75 Å². The lowest BCUT2D eigenvalue weighted by atomic mass is 9.78. The van der Waals surface area contributed by atoms with E-state index < -0.39 is 0 Å². The Morgan fingerprint density at radius 1 is 1.09 bits per heavy atom. The predicted molar refractivity (Wildman–Crippen MR) is 134 cm³/mol. The maximum Gasteiger partial charge on any atom is 0.308 e. The van der Waals surface area contributed by atoms with Gasteiger partial charge in [-0.3, -0.25) is 9.59 Å². The van der Waals surface area contributed by atoms with Crippen molar-refractivity contribution in [1.29, 1.82) is 0 Å². The largest absolute Gasteiger partial charge is 0.426 e. The first-order valence-electron chi connectivity index (χ1n) is 10.7. The first-order chi connectivity index (χ1) is 15.3. The van der Waals surface area contributed by atoms with E-state index in [1.807, 2.05) is 35.7 Å². The summed E-state index contributed by atoms with van der Waals surface area (Å²) in [4.78, 5) is 31.0. The lowest BCUT2D eigenvalue weighted by Crippen LogP contribution is -2.24. The molecule has 0 saturated heterocycles. The second-order valence-corrected chi connectivity index (χ2v) is 12.0. The first kappa shape index (κ1) is 23.3. The van der Waals surface area contributed by atoms with Crippen LogP contribution in [0.25, 0.3) is 21.7 Å². The highest BCUT2D eigenvalue weighted by Gasteiger charge is 2.28. The van der Waals surface area contributed by atoms with Gasteiger partial charge >= 0.3 is 5.97 Å². The van der Waals surface area contributed by atoms with Crippen LogP contribution in [-0.2, 0) is 15.6 Å². The highest BCUT2D eigenvalue weighted by atomic mass is 32.1. The highest BCUT2D eigenvalue weighted by molar-refractivity contribution is 7.15. The molecule has 0 spiro atoms. The van der Waals surface area contributed by atoms with Crippen molar-refractivity contribution in [2.24, 2.45) is 0 Å². The van der Waals surface area contributed by atoms with Gasteiger partial charge in [-0.15, -0.1) is 16.4 Å². The molecule has 3 heterocycles. The molecule has 33 heavy (non-hydrogen) atoms. The summed E-state index contributed by atoms with van der Waals surface area (Å²) >= 11 is 2.86. The average Bonchev–Trinajstić information content (AvgIpc) is 3.39. The number of esters is 1. The highest BCUT2D eigenvalue weighted by Crippen LogP contribution is 2.41. The number of thiophene rings is 1. The topological polar surface area (TPSA) is 73.6 Å². The number of carbonyl (C=O) groups is 1. The number of carbonyl (C=O) groups excluding carboxylic acids is 1. The molecule has 0 fully saturated rings. The second-order valence-electron chi connectivity index (χ2n) is 10.1. The molecule has 0 saturated carbocycles. The van der Waals surface area contributed by atoms with Gasteiger partial charge in [0.15, 0.2) is 5.82 Å². The fourth-order valence-corrected chi connectivity index (χ4v) is 5.16. The van der Waals surface area contributed by atoms with Crippen molar-refractivity contribution < 1.29 is 9.53 Å². The molecule has 172 valence electrons. The lowest BCUT2D eigenvalue weighted by Gasteiger charge is -2.29. The van der Waals surface area contributed by atoms with Crippen LogP contribution in [0.15, 0.2) is 34.4 Å². The molecule has 3 aromatic heterocycles. The molecular formula is C25H27N3O3S2. The molecule has 0 unspecified atom stereocenters. The molecule has 0 radical (unpaired) electrons. The van der Waals surface area contributed by atoms with E-state index >= 15 is 0 Å². The van der Waals surface area contributed by atoms with Gasteiger partial charge in [0, 0.05) is 18.1 Å². The SMILES string of the molecule is CC(=O)Oc1c(C(C)(C)C)cc(/C=c2\sc3nc(-c4cccs4)nn3c2=O)cc1C(C)(C)C. The van der Waals surface area contributed by atoms with Gasteiger partial charge in [0.2, 0.25) is 4.96 Å². The van der Waals surface area contributed by atoms with Gasteiger partial charge in [0.1, 0.15) is 5.75 Å². The van der Waals surface area contributed by atoms with Gasteiger partial charge in [0.25, 0.3) is 5.56 Å². The zero-order valence-electron chi connectivity index (χ0n) is 19.8. The normalized spacial score (nSPS) is 13.1. The van der Waals surface area contributed by atoms with Crippen LogP contribution in [0.1, 0.15) is 65.2 Å². The maximum absolute atomic E-state index is 13.1. The number of rotatable bonds is 3. The summed E-state index contributed by atoms with van der Waals surface area (Å²) in [7, 11) is 0. The maximum atomic E-state index is 13.1. The molecule has 6 nitrogen and oxygen atoms in total. The minimum atomic E-state index is -0.350. The summed E-state index contributed by atoms with van der Waals surface area (Å²) in [6.07, 6.45) is 1.87. The number of nitrogens with zero attached hydrogens (tertiary/aromatic N) is 3. The van der Waals surface area contributed by atoms with E-state index in [1.165, 1.54) is 22.8 Å². The summed E-state index contributed by atoms with van der Waals surface area (Å²) in [6, 6.07) is 7.87. The van der Waals surface area contributed by atoms with Crippen molar-refractivity contribution in [1.82, 2.24) is 14.6 Å². The van der Waals surface area contributed by atoms with Crippen molar-refractivity contribution in [3.05, 3.63) is 61.2 Å². The Morgan fingerprint density at radius 2 is 1.73 bits per heavy atom. The average molecular weight is 482 g/mol. The fraction of sp³-hybridized carbons (Fsp3) is 0.360. The molecule has 4 rings (SSSR count). The van der Waals surface area contributed by atoms with Gasteiger partial charge in [-0.05, 0) is 46.0 Å². The standard InChI is InChI=1S/C25H27N3O3S2/c1-14(29)31-20-16(24(2,3)4)11-15(12-17(20)25(5,6)7)13-19-22(30)28-23(33-19)26-21(27-28)18-9-8-10-32-18/h8-13H,1-7H3/b19-13-. The molecule has 0 amide bonds. The number of hydrogen-bond acceptors (Lipinski definition) is 7. The van der Waals surface area contributed by atoms with E-state index in [-0.39, 0.29) is 22.4 Å². The Bertz CT molecular complexity index is 1410. The van der Waals surface area contributed by atoms with Crippen molar-refractivity contribution in [3.63, 3.8) is 0 Å². The number of fused-ring (bicyclic) bond motifs is 1. The molecule has 0 N–H and O–H groups in total. The van der Waals surface area contributed by atoms with Crippen LogP contribution in [0.2, 0.25) is 0 Å². The third-order valence-electron chi connectivity index (χ3n) is 5.19. The molecule has 4 aromatic rings. The summed E-state index contributed by atoms with van der Waals surface area (Å²) < 4.78 is 7.63. The smallest absolute Gasteiger partial charge is 0.308 e. The van der Waals surface area contributed by atoms with E-state index in [1.54, 1.807) is 11.3 Å². The van der Waals surface area contributed by atoms with Crippen LogP contribution in [0.4, 0.5) is 0 Å². The van der Waals surface area contributed by atoms with Crippen LogP contribution in [-0.4, -0.2) is 20.6 Å². The van der Waals surface area contributed by atoms with Crippen LogP contribution >= 0.6 is 22.7 Å². The number of benzene rings is 1. The molecule has 0 aliphatic heterocycles. The van der Waals surface area contributed by atoms with Crippen molar-refractivity contribution in [3.8, 4) is 16.5 Å². The number of ether oxygens (including phenoxy) is 1. The minimum Gasteiger partial charge on any atom is -0.426 e. The number of thiazole rings is 1. The van der Waals surface area contributed by atoms with E-state index in [0.29, 0.717) is 21.1 Å². The Balaban J connectivity index is 1.91. The number of aromatic nitrogens is 3. The quantitative estimate of drug-likeness (QED) is 0.306. The van der Waals surface area contributed by atoms with Crippen LogP contribution < -0.4 is 14.8 Å². The fourth-order valence-electron chi connectivity index (χ4n) is 3.60. The number of hydrogen-bond donors (Lipinski definition) is 0.